The van der Waals surface area contributed by atoms with Gasteiger partial charge in [0.05, 0.1) is 12.2 Å². The highest BCUT2D eigenvalue weighted by Gasteiger charge is 2.42. The number of nitrogens with two attached hydrogens (primary N) is 1. The molecule has 0 aromatic heterocycles. The van der Waals surface area contributed by atoms with Gasteiger partial charge in [0.15, 0.2) is 0 Å². The Balaban J connectivity index is 1.79. The van der Waals surface area contributed by atoms with Gasteiger partial charge in [-0.2, -0.15) is 0 Å². The zero-order valence-electron chi connectivity index (χ0n) is 12.8. The molecular formula is C17H24BrNO2. The highest BCUT2D eigenvalue weighted by atomic mass is 79.9. The zero-order valence-corrected chi connectivity index (χ0v) is 14.4. The Hall–Kier alpha value is -0.420. The summed E-state index contributed by atoms with van der Waals surface area (Å²) in [6.07, 6.45) is 3.06. The second kappa shape index (κ2) is 5.99. The van der Waals surface area contributed by atoms with Crippen LogP contribution in [0, 0.1) is 19.8 Å². The average Bonchev–Trinajstić information content (AvgIpc) is 2.91. The van der Waals surface area contributed by atoms with E-state index in [2.05, 4.69) is 41.9 Å². The summed E-state index contributed by atoms with van der Waals surface area (Å²) in [5.41, 5.74) is 10.3. The number of halogens is 1. The first-order valence-corrected chi connectivity index (χ1v) is 8.54. The molecule has 2 fully saturated rings. The molecule has 2 heterocycles. The van der Waals surface area contributed by atoms with E-state index in [9.17, 15) is 0 Å². The van der Waals surface area contributed by atoms with Gasteiger partial charge in [-0.1, -0.05) is 28.1 Å². The largest absolute Gasteiger partial charge is 0.378 e. The van der Waals surface area contributed by atoms with Crippen molar-refractivity contribution in [1.82, 2.24) is 0 Å². The molecule has 3 unspecified atom stereocenters. The molecule has 2 aliphatic heterocycles. The van der Waals surface area contributed by atoms with Crippen molar-refractivity contribution in [1.29, 1.82) is 0 Å². The summed E-state index contributed by atoms with van der Waals surface area (Å²) < 4.78 is 12.8. The van der Waals surface area contributed by atoms with Gasteiger partial charge in [0.25, 0.3) is 0 Å². The quantitative estimate of drug-likeness (QED) is 0.882. The first-order chi connectivity index (χ1) is 10.0. The molecule has 2 aliphatic rings. The number of hydrogen-bond acceptors (Lipinski definition) is 3. The molecule has 1 aromatic rings. The first kappa shape index (κ1) is 15.5. The Bertz CT molecular complexity index is 503. The molecule has 116 valence electrons. The molecule has 0 aliphatic carbocycles. The predicted octanol–water partition coefficient (Wildman–Crippen LogP) is 3.65. The van der Waals surface area contributed by atoms with Crippen LogP contribution in [-0.4, -0.2) is 25.4 Å². The SMILES string of the molecule is Cc1cc(C(N)C2CCOC3(CCOC3)C2)cc(C)c1Br. The van der Waals surface area contributed by atoms with Gasteiger partial charge in [0.2, 0.25) is 0 Å². The van der Waals surface area contributed by atoms with Crippen molar-refractivity contribution in [3.63, 3.8) is 0 Å². The summed E-state index contributed by atoms with van der Waals surface area (Å²) in [6, 6.07) is 4.52. The first-order valence-electron chi connectivity index (χ1n) is 7.75. The van der Waals surface area contributed by atoms with E-state index in [1.807, 2.05) is 0 Å². The van der Waals surface area contributed by atoms with Gasteiger partial charge in [-0.3, -0.25) is 0 Å². The number of ether oxygens (including phenoxy) is 2. The maximum absolute atomic E-state index is 6.60. The fourth-order valence-electron chi connectivity index (χ4n) is 3.68. The van der Waals surface area contributed by atoms with Crippen LogP contribution in [0.5, 0.6) is 0 Å². The lowest BCUT2D eigenvalue weighted by molar-refractivity contribution is -0.101. The summed E-state index contributed by atoms with van der Waals surface area (Å²) >= 11 is 3.63. The van der Waals surface area contributed by atoms with E-state index in [1.54, 1.807) is 0 Å². The predicted molar refractivity (Wildman–Crippen MR) is 87.4 cm³/mol. The Morgan fingerprint density at radius 3 is 2.62 bits per heavy atom. The second-order valence-electron chi connectivity index (χ2n) is 6.58. The lowest BCUT2D eigenvalue weighted by Gasteiger charge is -2.39. The minimum absolute atomic E-state index is 0.0695. The maximum atomic E-state index is 6.60. The van der Waals surface area contributed by atoms with Crippen molar-refractivity contribution in [2.24, 2.45) is 11.7 Å². The Morgan fingerprint density at radius 1 is 1.29 bits per heavy atom. The van der Waals surface area contributed by atoms with Crippen LogP contribution in [0.1, 0.15) is 42.0 Å². The van der Waals surface area contributed by atoms with E-state index in [1.165, 1.54) is 21.2 Å². The Kier molecular flexibility index (Phi) is 4.42. The van der Waals surface area contributed by atoms with E-state index in [-0.39, 0.29) is 11.6 Å². The monoisotopic (exact) mass is 353 g/mol. The number of rotatable bonds is 2. The molecular weight excluding hydrogens is 330 g/mol. The molecule has 0 amide bonds. The Morgan fingerprint density at radius 2 is 2.00 bits per heavy atom. The zero-order chi connectivity index (χ0) is 15.0. The second-order valence-corrected chi connectivity index (χ2v) is 7.37. The minimum Gasteiger partial charge on any atom is -0.378 e. The van der Waals surface area contributed by atoms with Gasteiger partial charge < -0.3 is 15.2 Å². The van der Waals surface area contributed by atoms with Gasteiger partial charge in [0, 0.05) is 30.1 Å². The van der Waals surface area contributed by atoms with Crippen LogP contribution in [0.2, 0.25) is 0 Å². The number of benzene rings is 1. The van der Waals surface area contributed by atoms with Gasteiger partial charge >= 0.3 is 0 Å². The van der Waals surface area contributed by atoms with Crippen molar-refractivity contribution in [3.05, 3.63) is 33.3 Å². The summed E-state index contributed by atoms with van der Waals surface area (Å²) in [5, 5.41) is 0. The third-order valence-electron chi connectivity index (χ3n) is 4.95. The van der Waals surface area contributed by atoms with Crippen LogP contribution in [0.15, 0.2) is 16.6 Å². The molecule has 2 N–H and O–H groups in total. The molecule has 3 nitrogen and oxygen atoms in total. The van der Waals surface area contributed by atoms with Gasteiger partial charge in [-0.05, 0) is 49.3 Å². The average molecular weight is 354 g/mol. The summed E-state index contributed by atoms with van der Waals surface area (Å²) in [4.78, 5) is 0. The molecule has 2 saturated heterocycles. The normalized spacial score (nSPS) is 30.8. The van der Waals surface area contributed by atoms with Crippen LogP contribution in [0.25, 0.3) is 0 Å². The summed E-state index contributed by atoms with van der Waals surface area (Å²) in [7, 11) is 0. The molecule has 0 radical (unpaired) electrons. The molecule has 3 rings (SSSR count). The van der Waals surface area contributed by atoms with Crippen LogP contribution in [0.3, 0.4) is 0 Å². The van der Waals surface area contributed by atoms with E-state index >= 15 is 0 Å². The van der Waals surface area contributed by atoms with Crippen LogP contribution in [0.4, 0.5) is 0 Å². The molecule has 21 heavy (non-hydrogen) atoms. The van der Waals surface area contributed by atoms with E-state index < -0.39 is 0 Å². The van der Waals surface area contributed by atoms with E-state index in [0.717, 1.165) is 39.1 Å². The van der Waals surface area contributed by atoms with Crippen molar-refractivity contribution in [2.75, 3.05) is 19.8 Å². The van der Waals surface area contributed by atoms with E-state index in [4.69, 9.17) is 15.2 Å². The van der Waals surface area contributed by atoms with E-state index in [0.29, 0.717) is 5.92 Å². The van der Waals surface area contributed by atoms with Crippen LogP contribution < -0.4 is 5.73 Å². The molecule has 1 aromatic carbocycles. The Labute approximate surface area is 135 Å². The number of aryl methyl sites for hydroxylation is 2. The van der Waals surface area contributed by atoms with Gasteiger partial charge in [-0.25, -0.2) is 0 Å². The standard InChI is InChI=1S/C17H24BrNO2/c1-11-7-14(8-12(2)15(11)18)16(19)13-3-5-21-17(9-13)4-6-20-10-17/h7-8,13,16H,3-6,9-10,19H2,1-2H3. The topological polar surface area (TPSA) is 44.5 Å². The van der Waals surface area contributed by atoms with Crippen LogP contribution >= 0.6 is 15.9 Å². The minimum atomic E-state index is -0.0695. The highest BCUT2D eigenvalue weighted by molar-refractivity contribution is 9.10. The fourth-order valence-corrected chi connectivity index (χ4v) is 3.91. The van der Waals surface area contributed by atoms with Gasteiger partial charge in [0.1, 0.15) is 0 Å². The van der Waals surface area contributed by atoms with Crippen LogP contribution in [-0.2, 0) is 9.47 Å². The van der Waals surface area contributed by atoms with Crippen molar-refractivity contribution in [2.45, 2.75) is 44.8 Å². The third kappa shape index (κ3) is 3.04. The van der Waals surface area contributed by atoms with Crippen molar-refractivity contribution < 1.29 is 9.47 Å². The van der Waals surface area contributed by atoms with Crippen molar-refractivity contribution in [3.8, 4) is 0 Å². The lowest BCUT2D eigenvalue weighted by Crippen LogP contribution is -2.43. The van der Waals surface area contributed by atoms with Crippen molar-refractivity contribution >= 4 is 15.9 Å². The van der Waals surface area contributed by atoms with Gasteiger partial charge in [-0.15, -0.1) is 0 Å². The molecule has 0 bridgehead atoms. The molecule has 0 saturated carbocycles. The summed E-state index contributed by atoms with van der Waals surface area (Å²) in [6.45, 7) is 6.61. The smallest absolute Gasteiger partial charge is 0.0940 e. The fraction of sp³-hybridized carbons (Fsp3) is 0.647. The highest BCUT2D eigenvalue weighted by Crippen LogP contribution is 2.40. The third-order valence-corrected chi connectivity index (χ3v) is 6.20. The maximum Gasteiger partial charge on any atom is 0.0940 e. The molecule has 3 atom stereocenters. The molecule has 1 spiro atoms. The summed E-state index contributed by atoms with van der Waals surface area (Å²) in [5.74, 6) is 0.473. The lowest BCUT2D eigenvalue weighted by atomic mass is 9.79. The molecule has 4 heteroatoms. The number of hydrogen-bond donors (Lipinski definition) is 1.